The molecule has 0 aromatic carbocycles. The van der Waals surface area contributed by atoms with E-state index in [1.807, 2.05) is 36.0 Å². The van der Waals surface area contributed by atoms with Gasteiger partial charge < -0.3 is 12.4 Å². The normalized spacial score (nSPS) is 8.00. The molecule has 58 valence electrons. The zero-order chi connectivity index (χ0) is 7.40. The van der Waals surface area contributed by atoms with Crippen molar-refractivity contribution in [3.63, 3.8) is 0 Å². The summed E-state index contributed by atoms with van der Waals surface area (Å²) in [5.74, 6) is 0. The molecule has 0 saturated carbocycles. The van der Waals surface area contributed by atoms with Crippen LogP contribution in [0.15, 0.2) is 24.5 Å². The fourth-order valence-corrected chi connectivity index (χ4v) is 0.833. The van der Waals surface area contributed by atoms with Crippen molar-refractivity contribution in [3.8, 4) is 6.07 Å². The van der Waals surface area contributed by atoms with Crippen LogP contribution in [0.1, 0.15) is 5.56 Å². The van der Waals surface area contributed by atoms with Gasteiger partial charge in [0.25, 0.3) is 0 Å². The van der Waals surface area contributed by atoms with Crippen LogP contribution in [0.5, 0.6) is 0 Å². The number of pyridine rings is 1. The van der Waals surface area contributed by atoms with Gasteiger partial charge in [-0.3, -0.25) is 0 Å². The van der Waals surface area contributed by atoms with Crippen molar-refractivity contribution in [1.82, 2.24) is 0 Å². The maximum atomic E-state index is 8.34. The Labute approximate surface area is 72.5 Å². The van der Waals surface area contributed by atoms with E-state index >= 15 is 0 Å². The van der Waals surface area contributed by atoms with Crippen molar-refractivity contribution in [2.24, 2.45) is 0 Å². The zero-order valence-electron chi connectivity index (χ0n) is 6.29. The molecule has 11 heavy (non-hydrogen) atoms. The average molecular weight is 169 g/mol. The lowest BCUT2D eigenvalue weighted by molar-refractivity contribution is -0.685. The fourth-order valence-electron chi connectivity index (χ4n) is 0.833. The molecule has 3 heteroatoms. The van der Waals surface area contributed by atoms with Gasteiger partial charge in [0.05, 0.1) is 0 Å². The molecule has 0 fully saturated rings. The first-order valence-electron chi connectivity index (χ1n) is 3.15. The molecule has 0 amide bonds. The monoisotopic (exact) mass is 168 g/mol. The third kappa shape index (κ3) is 3.01. The second-order valence-corrected chi connectivity index (χ2v) is 2.21. The predicted molar refractivity (Wildman–Crippen MR) is 37.0 cm³/mol. The summed E-state index contributed by atoms with van der Waals surface area (Å²) < 4.78 is 1.86. The van der Waals surface area contributed by atoms with E-state index in [0.29, 0.717) is 6.54 Å². The molecule has 0 radical (unpaired) electrons. The second-order valence-electron chi connectivity index (χ2n) is 2.21. The summed E-state index contributed by atoms with van der Waals surface area (Å²) in [7, 11) is 0. The average Bonchev–Trinajstić information content (AvgIpc) is 1.88. The summed E-state index contributed by atoms with van der Waals surface area (Å²) in [4.78, 5) is 0. The second kappa shape index (κ2) is 4.70. The standard InChI is InChI=1S/C8H9N2.ClH/c1-8-3-2-5-10(7-8)6-4-9;/h2-3,5,7H,6H2,1H3;1H/q+1;/p-1. The Hall–Kier alpha value is -1.07. The molecule has 0 aliphatic rings. The van der Waals surface area contributed by atoms with Crippen LogP contribution in [0.25, 0.3) is 0 Å². The zero-order valence-corrected chi connectivity index (χ0v) is 7.04. The molecule has 2 nitrogen and oxygen atoms in total. The van der Waals surface area contributed by atoms with Gasteiger partial charge in [0, 0.05) is 11.6 Å². The van der Waals surface area contributed by atoms with E-state index in [4.69, 9.17) is 5.26 Å². The van der Waals surface area contributed by atoms with E-state index in [-0.39, 0.29) is 12.4 Å². The third-order valence-corrected chi connectivity index (χ3v) is 1.26. The topological polar surface area (TPSA) is 27.7 Å². The van der Waals surface area contributed by atoms with Crippen LogP contribution in [0.2, 0.25) is 0 Å². The number of aryl methyl sites for hydroxylation is 1. The molecule has 0 bridgehead atoms. The summed E-state index contributed by atoms with van der Waals surface area (Å²) >= 11 is 0. The summed E-state index contributed by atoms with van der Waals surface area (Å²) in [6.07, 6.45) is 3.83. The number of rotatable bonds is 1. The lowest BCUT2D eigenvalue weighted by atomic mass is 10.3. The van der Waals surface area contributed by atoms with E-state index in [0.717, 1.165) is 0 Å². The van der Waals surface area contributed by atoms with E-state index < -0.39 is 0 Å². The highest BCUT2D eigenvalue weighted by atomic mass is 35.5. The largest absolute Gasteiger partial charge is 1.00 e. The minimum Gasteiger partial charge on any atom is -1.00 e. The van der Waals surface area contributed by atoms with Crippen molar-refractivity contribution in [2.45, 2.75) is 13.5 Å². The van der Waals surface area contributed by atoms with Crippen molar-refractivity contribution in [3.05, 3.63) is 30.1 Å². The number of halogens is 1. The van der Waals surface area contributed by atoms with E-state index in [9.17, 15) is 0 Å². The molecule has 0 spiro atoms. The maximum Gasteiger partial charge on any atom is 0.233 e. The van der Waals surface area contributed by atoms with Gasteiger partial charge in [-0.2, -0.15) is 9.83 Å². The van der Waals surface area contributed by atoms with Gasteiger partial charge in [0.1, 0.15) is 6.07 Å². The van der Waals surface area contributed by atoms with Gasteiger partial charge in [-0.05, 0) is 13.0 Å². The molecule has 1 rings (SSSR count). The minimum absolute atomic E-state index is 0. The number of aromatic nitrogens is 1. The highest BCUT2D eigenvalue weighted by Gasteiger charge is 1.95. The number of hydrogen-bond donors (Lipinski definition) is 0. The molecule has 0 aliphatic carbocycles. The van der Waals surface area contributed by atoms with Gasteiger partial charge in [-0.15, -0.1) is 0 Å². The first kappa shape index (κ1) is 9.93. The van der Waals surface area contributed by atoms with Crippen LogP contribution in [-0.4, -0.2) is 0 Å². The summed E-state index contributed by atoms with van der Waals surface area (Å²) in [5, 5.41) is 8.34. The summed E-state index contributed by atoms with van der Waals surface area (Å²) in [5.41, 5.74) is 1.18. The number of hydrogen-bond acceptors (Lipinski definition) is 1. The van der Waals surface area contributed by atoms with Gasteiger partial charge in [-0.1, -0.05) is 0 Å². The van der Waals surface area contributed by atoms with Crippen LogP contribution >= 0.6 is 0 Å². The van der Waals surface area contributed by atoms with E-state index in [1.54, 1.807) is 0 Å². The van der Waals surface area contributed by atoms with Crippen molar-refractivity contribution >= 4 is 0 Å². The van der Waals surface area contributed by atoms with Gasteiger partial charge in [-0.25, -0.2) is 0 Å². The third-order valence-electron chi connectivity index (χ3n) is 1.26. The molecule has 1 heterocycles. The maximum absolute atomic E-state index is 8.34. The SMILES string of the molecule is Cc1ccc[n+](CC#N)c1.[Cl-]. The van der Waals surface area contributed by atoms with Crippen molar-refractivity contribution < 1.29 is 17.0 Å². The highest BCUT2D eigenvalue weighted by Crippen LogP contribution is 1.88. The lowest BCUT2D eigenvalue weighted by Crippen LogP contribution is -3.00. The van der Waals surface area contributed by atoms with Crippen LogP contribution in [0.3, 0.4) is 0 Å². The molecule has 0 unspecified atom stereocenters. The predicted octanol–water partition coefficient (Wildman–Crippen LogP) is -2.19. The first-order valence-corrected chi connectivity index (χ1v) is 3.15. The smallest absolute Gasteiger partial charge is 0.233 e. The van der Waals surface area contributed by atoms with E-state index in [2.05, 4.69) is 6.07 Å². The quantitative estimate of drug-likeness (QED) is 0.438. The van der Waals surface area contributed by atoms with Crippen LogP contribution < -0.4 is 17.0 Å². The molecule has 0 saturated heterocycles. The molecule has 0 aliphatic heterocycles. The Kier molecular flexibility index (Phi) is 4.24. The van der Waals surface area contributed by atoms with Crippen LogP contribution in [0.4, 0.5) is 0 Å². The van der Waals surface area contributed by atoms with Crippen molar-refractivity contribution in [1.29, 1.82) is 5.26 Å². The Morgan fingerprint density at radius 3 is 2.91 bits per heavy atom. The van der Waals surface area contributed by atoms with Gasteiger partial charge >= 0.3 is 0 Å². The van der Waals surface area contributed by atoms with Crippen LogP contribution in [0, 0.1) is 18.3 Å². The molecule has 1 aromatic heterocycles. The Balaban J connectivity index is 0.000001000. The van der Waals surface area contributed by atoms with E-state index in [1.165, 1.54) is 5.56 Å². The first-order chi connectivity index (χ1) is 4.83. The summed E-state index contributed by atoms with van der Waals surface area (Å²) in [6, 6.07) is 6.02. The molecular weight excluding hydrogens is 160 g/mol. The minimum atomic E-state index is 0. The van der Waals surface area contributed by atoms with Crippen LogP contribution in [-0.2, 0) is 6.54 Å². The lowest BCUT2D eigenvalue weighted by Gasteiger charge is -1.88. The highest BCUT2D eigenvalue weighted by molar-refractivity contribution is 5.01. The molecule has 0 N–H and O–H groups in total. The van der Waals surface area contributed by atoms with Gasteiger partial charge in [0.2, 0.25) is 6.54 Å². The molecule has 0 atom stereocenters. The van der Waals surface area contributed by atoms with Crippen molar-refractivity contribution in [2.75, 3.05) is 0 Å². The fraction of sp³-hybridized carbons (Fsp3) is 0.250. The Morgan fingerprint density at radius 2 is 2.36 bits per heavy atom. The Bertz CT molecular complexity index is 265. The molecule has 1 aromatic rings. The Morgan fingerprint density at radius 1 is 1.64 bits per heavy atom. The number of nitrogens with zero attached hydrogens (tertiary/aromatic N) is 2. The molecular formula is C8H9ClN2. The number of nitriles is 1. The summed E-state index contributed by atoms with van der Waals surface area (Å²) in [6.45, 7) is 2.44. The van der Waals surface area contributed by atoms with Gasteiger partial charge in [0.15, 0.2) is 12.4 Å².